The van der Waals surface area contributed by atoms with Gasteiger partial charge in [-0.15, -0.1) is 11.3 Å². The summed E-state index contributed by atoms with van der Waals surface area (Å²) in [6.07, 6.45) is 0.380. The summed E-state index contributed by atoms with van der Waals surface area (Å²) in [5, 5.41) is 0. The van der Waals surface area contributed by atoms with Gasteiger partial charge in [-0.3, -0.25) is 4.79 Å². The minimum atomic E-state index is -3.05. The number of halogens is 2. The van der Waals surface area contributed by atoms with Gasteiger partial charge >= 0.3 is 0 Å². The van der Waals surface area contributed by atoms with Crippen molar-refractivity contribution >= 4 is 50.2 Å². The summed E-state index contributed by atoms with van der Waals surface area (Å²) in [6.45, 7) is 0. The van der Waals surface area contributed by atoms with E-state index < -0.39 is 15.8 Å². The Hall–Kier alpha value is -0.100. The zero-order chi connectivity index (χ0) is 11.9. The van der Waals surface area contributed by atoms with Crippen LogP contribution in [0.25, 0.3) is 0 Å². The molecule has 0 amide bonds. The Labute approximate surface area is 107 Å². The normalized spacial score (nSPS) is 23.5. The van der Waals surface area contributed by atoms with Gasteiger partial charge in [-0.1, -0.05) is 23.2 Å². The van der Waals surface area contributed by atoms with Crippen molar-refractivity contribution in [1.82, 2.24) is 0 Å². The van der Waals surface area contributed by atoms with Crippen LogP contribution in [-0.2, 0) is 9.84 Å². The molecule has 0 saturated carbocycles. The van der Waals surface area contributed by atoms with Crippen molar-refractivity contribution in [3.8, 4) is 0 Å². The molecule has 1 aliphatic heterocycles. The monoisotopic (exact) mass is 298 g/mol. The molecule has 1 fully saturated rings. The summed E-state index contributed by atoms with van der Waals surface area (Å²) in [5.41, 5.74) is 0.346. The average molecular weight is 299 g/mol. The van der Waals surface area contributed by atoms with Gasteiger partial charge in [0.15, 0.2) is 15.6 Å². The number of rotatable bonds is 2. The summed E-state index contributed by atoms with van der Waals surface area (Å²) in [6, 6.07) is 1.50. The minimum Gasteiger partial charge on any atom is -0.294 e. The van der Waals surface area contributed by atoms with Gasteiger partial charge in [0.1, 0.15) is 4.34 Å². The number of hydrogen-bond acceptors (Lipinski definition) is 4. The first kappa shape index (κ1) is 12.4. The van der Waals surface area contributed by atoms with Gasteiger partial charge in [-0.2, -0.15) is 0 Å². The molecule has 1 saturated heterocycles. The third-order valence-electron chi connectivity index (χ3n) is 2.53. The predicted octanol–water partition coefficient (Wildman–Crippen LogP) is 2.67. The van der Waals surface area contributed by atoms with E-state index >= 15 is 0 Å². The number of sulfone groups is 1. The average Bonchev–Trinajstić information content (AvgIpc) is 2.68. The predicted molar refractivity (Wildman–Crippen MR) is 65.4 cm³/mol. The molecule has 88 valence electrons. The second-order valence-corrected chi connectivity index (χ2v) is 8.22. The Bertz CT molecular complexity index is 533. The molecular weight excluding hydrogens is 291 g/mol. The summed E-state index contributed by atoms with van der Waals surface area (Å²) in [4.78, 5) is 12.0. The van der Waals surface area contributed by atoms with Gasteiger partial charge in [0.2, 0.25) is 0 Å². The van der Waals surface area contributed by atoms with Crippen molar-refractivity contribution in [2.75, 3.05) is 11.5 Å². The van der Waals surface area contributed by atoms with E-state index in [1.54, 1.807) is 0 Å². The van der Waals surface area contributed by atoms with Gasteiger partial charge < -0.3 is 0 Å². The number of thiophene rings is 1. The molecule has 0 aliphatic carbocycles. The van der Waals surface area contributed by atoms with E-state index in [0.717, 1.165) is 11.3 Å². The van der Waals surface area contributed by atoms with Crippen molar-refractivity contribution in [2.24, 2.45) is 5.92 Å². The molecule has 1 atom stereocenters. The van der Waals surface area contributed by atoms with Crippen molar-refractivity contribution in [1.29, 1.82) is 0 Å². The molecule has 1 aliphatic rings. The van der Waals surface area contributed by atoms with Gasteiger partial charge in [0.25, 0.3) is 0 Å². The molecule has 1 unspecified atom stereocenters. The lowest BCUT2D eigenvalue weighted by atomic mass is 9.99. The molecule has 0 aromatic carbocycles. The maximum Gasteiger partial charge on any atom is 0.169 e. The lowest BCUT2D eigenvalue weighted by Crippen LogP contribution is -2.15. The highest BCUT2D eigenvalue weighted by Crippen LogP contribution is 2.34. The zero-order valence-corrected chi connectivity index (χ0v) is 11.2. The number of carbonyl (C=O) groups excluding carboxylic acids is 1. The summed E-state index contributed by atoms with van der Waals surface area (Å²) >= 11 is 12.7. The van der Waals surface area contributed by atoms with Crippen LogP contribution in [0.15, 0.2) is 6.07 Å². The number of Topliss-reactive ketones (excluding diaryl/α,β-unsaturated/α-hetero) is 1. The largest absolute Gasteiger partial charge is 0.294 e. The van der Waals surface area contributed by atoms with Crippen molar-refractivity contribution < 1.29 is 13.2 Å². The molecule has 7 heteroatoms. The first-order valence-electron chi connectivity index (χ1n) is 4.58. The highest BCUT2D eigenvalue weighted by atomic mass is 35.5. The zero-order valence-electron chi connectivity index (χ0n) is 8.07. The Balaban J connectivity index is 2.24. The molecule has 2 rings (SSSR count). The van der Waals surface area contributed by atoms with E-state index in [0.29, 0.717) is 20.7 Å². The van der Waals surface area contributed by atoms with Crippen molar-refractivity contribution in [3.63, 3.8) is 0 Å². The Morgan fingerprint density at radius 2 is 2.12 bits per heavy atom. The number of carbonyl (C=O) groups is 1. The van der Waals surface area contributed by atoms with Gasteiger partial charge in [-0.05, 0) is 12.5 Å². The summed E-state index contributed by atoms with van der Waals surface area (Å²) in [7, 11) is -3.05. The number of ketones is 1. The van der Waals surface area contributed by atoms with E-state index in [-0.39, 0.29) is 17.3 Å². The maximum atomic E-state index is 12.0. The fourth-order valence-electron chi connectivity index (χ4n) is 1.73. The van der Waals surface area contributed by atoms with Crippen LogP contribution < -0.4 is 0 Å². The Kier molecular flexibility index (Phi) is 3.32. The molecule has 0 radical (unpaired) electrons. The minimum absolute atomic E-state index is 0.0738. The van der Waals surface area contributed by atoms with Crippen LogP contribution in [0, 0.1) is 5.92 Å². The quantitative estimate of drug-likeness (QED) is 0.789. The fourth-order valence-corrected chi connectivity index (χ4v) is 4.94. The highest BCUT2D eigenvalue weighted by Gasteiger charge is 2.34. The van der Waals surface area contributed by atoms with Crippen molar-refractivity contribution in [3.05, 3.63) is 20.3 Å². The SMILES string of the molecule is O=C(c1cc(Cl)sc1Cl)C1CCS(=O)(=O)C1. The highest BCUT2D eigenvalue weighted by molar-refractivity contribution is 7.91. The molecule has 0 bridgehead atoms. The van der Waals surface area contributed by atoms with E-state index in [2.05, 4.69) is 0 Å². The smallest absolute Gasteiger partial charge is 0.169 e. The van der Waals surface area contributed by atoms with Gasteiger partial charge in [0.05, 0.1) is 15.8 Å². The van der Waals surface area contributed by atoms with E-state index in [1.165, 1.54) is 6.07 Å². The molecule has 3 nitrogen and oxygen atoms in total. The second kappa shape index (κ2) is 4.29. The molecule has 2 heterocycles. The molecular formula is C9H8Cl2O3S2. The first-order valence-corrected chi connectivity index (χ1v) is 7.98. The van der Waals surface area contributed by atoms with Crippen LogP contribution in [0.1, 0.15) is 16.8 Å². The van der Waals surface area contributed by atoms with E-state index in [9.17, 15) is 13.2 Å². The first-order chi connectivity index (χ1) is 7.39. The third kappa shape index (κ3) is 2.42. The molecule has 0 spiro atoms. The summed E-state index contributed by atoms with van der Waals surface area (Å²) < 4.78 is 23.3. The lowest BCUT2D eigenvalue weighted by molar-refractivity contribution is 0.0934. The molecule has 1 aromatic heterocycles. The van der Waals surface area contributed by atoms with Gasteiger partial charge in [-0.25, -0.2) is 8.42 Å². The molecule has 1 aromatic rings. The van der Waals surface area contributed by atoms with Gasteiger partial charge in [0, 0.05) is 11.5 Å². The Morgan fingerprint density at radius 3 is 2.56 bits per heavy atom. The van der Waals surface area contributed by atoms with Crippen LogP contribution >= 0.6 is 34.5 Å². The van der Waals surface area contributed by atoms with Crippen LogP contribution in [0.5, 0.6) is 0 Å². The maximum absolute atomic E-state index is 12.0. The van der Waals surface area contributed by atoms with Crippen LogP contribution in [0.3, 0.4) is 0 Å². The fraction of sp³-hybridized carbons (Fsp3) is 0.444. The second-order valence-electron chi connectivity index (χ2n) is 3.70. The van der Waals surface area contributed by atoms with E-state index in [4.69, 9.17) is 23.2 Å². The Morgan fingerprint density at radius 1 is 1.44 bits per heavy atom. The summed E-state index contributed by atoms with van der Waals surface area (Å²) in [5.74, 6) is -0.670. The van der Waals surface area contributed by atoms with Crippen LogP contribution in [0.2, 0.25) is 8.67 Å². The van der Waals surface area contributed by atoms with Crippen molar-refractivity contribution in [2.45, 2.75) is 6.42 Å². The topological polar surface area (TPSA) is 51.2 Å². The van der Waals surface area contributed by atoms with Crippen LogP contribution in [0.4, 0.5) is 0 Å². The molecule has 16 heavy (non-hydrogen) atoms. The van der Waals surface area contributed by atoms with E-state index in [1.807, 2.05) is 0 Å². The lowest BCUT2D eigenvalue weighted by Gasteiger charge is -2.04. The third-order valence-corrected chi connectivity index (χ3v) is 5.78. The van der Waals surface area contributed by atoms with Crippen LogP contribution in [-0.4, -0.2) is 25.7 Å². The molecule has 0 N–H and O–H groups in total. The number of hydrogen-bond donors (Lipinski definition) is 0. The standard InChI is InChI=1S/C9H8Cl2O3S2/c10-7-3-6(9(11)15-7)8(12)5-1-2-16(13,14)4-5/h3,5H,1-2,4H2.